The molecule has 2 nitrogen and oxygen atoms in total. The van der Waals surface area contributed by atoms with Crippen molar-refractivity contribution < 1.29 is 9.53 Å². The number of rotatable bonds is 5. The summed E-state index contributed by atoms with van der Waals surface area (Å²) in [6, 6.07) is 7.99. The SMILES string of the molecule is CCc1ccc(C(=O)COc2c(I)cc(I)cc2I)s1. The zero-order chi connectivity index (χ0) is 14.7. The van der Waals surface area contributed by atoms with Gasteiger partial charge in [-0.15, -0.1) is 11.3 Å². The average Bonchev–Trinajstić information content (AvgIpc) is 2.86. The van der Waals surface area contributed by atoms with Crippen LogP contribution in [0.25, 0.3) is 0 Å². The third-order valence-corrected chi connectivity index (χ3v) is 6.09. The summed E-state index contributed by atoms with van der Waals surface area (Å²) in [6.45, 7) is 2.18. The van der Waals surface area contributed by atoms with Gasteiger partial charge in [0.25, 0.3) is 0 Å². The highest BCUT2D eigenvalue weighted by Crippen LogP contribution is 2.29. The molecule has 0 radical (unpaired) electrons. The lowest BCUT2D eigenvalue weighted by Crippen LogP contribution is -2.11. The maximum Gasteiger partial charge on any atom is 0.210 e. The molecule has 0 spiro atoms. The van der Waals surface area contributed by atoms with Crippen molar-refractivity contribution in [1.29, 1.82) is 0 Å². The van der Waals surface area contributed by atoms with E-state index in [-0.39, 0.29) is 12.4 Å². The predicted octanol–water partition coefficient (Wildman–Crippen LogP) is 5.39. The molecule has 0 fully saturated rings. The van der Waals surface area contributed by atoms with Crippen LogP contribution in [0.4, 0.5) is 0 Å². The Kier molecular flexibility index (Phi) is 6.54. The van der Waals surface area contributed by atoms with E-state index in [2.05, 4.69) is 74.7 Å². The monoisotopic (exact) mass is 624 g/mol. The minimum Gasteiger partial charge on any atom is -0.483 e. The molecule has 0 aliphatic rings. The molecule has 0 N–H and O–H groups in total. The summed E-state index contributed by atoms with van der Waals surface area (Å²) in [5.41, 5.74) is 0. The molecule has 0 unspecified atom stereocenters. The van der Waals surface area contributed by atoms with E-state index >= 15 is 0 Å². The fourth-order valence-electron chi connectivity index (χ4n) is 1.59. The van der Waals surface area contributed by atoms with Gasteiger partial charge >= 0.3 is 0 Å². The van der Waals surface area contributed by atoms with E-state index < -0.39 is 0 Å². The molecule has 0 bridgehead atoms. The predicted molar refractivity (Wildman–Crippen MR) is 108 cm³/mol. The molecule has 6 heteroatoms. The highest BCUT2D eigenvalue weighted by Gasteiger charge is 2.13. The number of Topliss-reactive ketones (excluding diaryl/α,β-unsaturated/α-hetero) is 1. The zero-order valence-corrected chi connectivity index (χ0v) is 17.9. The Balaban J connectivity index is 2.07. The van der Waals surface area contributed by atoms with Crippen LogP contribution in [0.1, 0.15) is 21.5 Å². The van der Waals surface area contributed by atoms with Crippen molar-refractivity contribution in [3.63, 3.8) is 0 Å². The number of ketones is 1. The van der Waals surface area contributed by atoms with Crippen LogP contribution >= 0.6 is 79.1 Å². The molecule has 2 aromatic rings. The number of carbonyl (C=O) groups excluding carboxylic acids is 1. The minimum atomic E-state index is 0.0415. The zero-order valence-electron chi connectivity index (χ0n) is 10.6. The first kappa shape index (κ1) is 16.9. The lowest BCUT2D eigenvalue weighted by atomic mass is 10.3. The number of benzene rings is 1. The van der Waals surface area contributed by atoms with Crippen LogP contribution in [0.2, 0.25) is 0 Å². The van der Waals surface area contributed by atoms with Gasteiger partial charge in [0.15, 0.2) is 6.61 Å². The number of ether oxygens (including phenoxy) is 1. The van der Waals surface area contributed by atoms with E-state index in [0.29, 0.717) is 0 Å². The lowest BCUT2D eigenvalue weighted by Gasteiger charge is -2.09. The molecular formula is C14H11I3O2S. The number of halogens is 3. The van der Waals surface area contributed by atoms with Gasteiger partial charge in [0, 0.05) is 8.45 Å². The summed E-state index contributed by atoms with van der Waals surface area (Å²) in [5.74, 6) is 0.840. The van der Waals surface area contributed by atoms with Gasteiger partial charge in [0.1, 0.15) is 5.75 Å². The van der Waals surface area contributed by atoms with Crippen molar-refractivity contribution in [2.24, 2.45) is 0 Å². The summed E-state index contributed by atoms with van der Waals surface area (Å²) in [7, 11) is 0. The van der Waals surface area contributed by atoms with Gasteiger partial charge in [-0.05, 0) is 98.5 Å². The Morgan fingerprint density at radius 3 is 2.40 bits per heavy atom. The second-order valence-electron chi connectivity index (χ2n) is 4.03. The molecule has 0 atom stereocenters. The molecule has 106 valence electrons. The maximum absolute atomic E-state index is 12.1. The van der Waals surface area contributed by atoms with Gasteiger partial charge in [-0.2, -0.15) is 0 Å². The van der Waals surface area contributed by atoms with Crippen LogP contribution in [0, 0.1) is 10.7 Å². The second-order valence-corrected chi connectivity index (χ2v) is 8.77. The number of hydrogen-bond acceptors (Lipinski definition) is 3. The smallest absolute Gasteiger partial charge is 0.210 e. The van der Waals surface area contributed by atoms with Gasteiger partial charge in [0.2, 0.25) is 5.78 Å². The fourth-order valence-corrected chi connectivity index (χ4v) is 6.36. The molecule has 0 aliphatic carbocycles. The highest BCUT2D eigenvalue weighted by atomic mass is 127. The molecule has 0 aliphatic heterocycles. The molecule has 20 heavy (non-hydrogen) atoms. The molecule has 2 rings (SSSR count). The third kappa shape index (κ3) is 4.29. The van der Waals surface area contributed by atoms with E-state index in [1.165, 1.54) is 8.45 Å². The molecular weight excluding hydrogens is 613 g/mol. The number of hydrogen-bond donors (Lipinski definition) is 0. The van der Waals surface area contributed by atoms with E-state index in [4.69, 9.17) is 4.74 Å². The van der Waals surface area contributed by atoms with E-state index in [9.17, 15) is 4.79 Å². The molecule has 0 saturated carbocycles. The Morgan fingerprint density at radius 1 is 1.20 bits per heavy atom. The molecule has 0 amide bonds. The summed E-state index contributed by atoms with van der Waals surface area (Å²) in [5, 5.41) is 0. The second kappa shape index (κ2) is 7.73. The topological polar surface area (TPSA) is 26.3 Å². The third-order valence-electron chi connectivity index (χ3n) is 2.60. The van der Waals surface area contributed by atoms with Crippen molar-refractivity contribution in [3.8, 4) is 5.75 Å². The van der Waals surface area contributed by atoms with Crippen LogP contribution < -0.4 is 4.74 Å². The maximum atomic E-state index is 12.1. The first-order valence-corrected chi connectivity index (χ1v) is 9.95. The van der Waals surface area contributed by atoms with Gasteiger partial charge in [0.05, 0.1) is 12.0 Å². The van der Waals surface area contributed by atoms with Crippen LogP contribution in [-0.4, -0.2) is 12.4 Å². The van der Waals surface area contributed by atoms with Crippen LogP contribution in [0.5, 0.6) is 5.75 Å². The highest BCUT2D eigenvalue weighted by molar-refractivity contribution is 14.1. The standard InChI is InChI=1S/C14H11I3O2S/c1-2-9-3-4-13(20-9)12(18)7-19-14-10(16)5-8(15)6-11(14)17/h3-6H,2,7H2,1H3. The minimum absolute atomic E-state index is 0.0415. The first-order valence-electron chi connectivity index (χ1n) is 5.90. The molecule has 0 saturated heterocycles. The number of thiophene rings is 1. The van der Waals surface area contributed by atoms with Crippen molar-refractivity contribution >= 4 is 84.9 Å². The molecule has 1 aromatic heterocycles. The lowest BCUT2D eigenvalue weighted by molar-refractivity contribution is 0.0924. The van der Waals surface area contributed by atoms with Gasteiger partial charge in [-0.3, -0.25) is 4.79 Å². The molecule has 1 heterocycles. The molecule has 1 aromatic carbocycles. The number of aryl methyl sites for hydroxylation is 1. The Labute approximate surface area is 163 Å². The summed E-state index contributed by atoms with van der Waals surface area (Å²) in [6.07, 6.45) is 0.964. The largest absolute Gasteiger partial charge is 0.483 e. The van der Waals surface area contributed by atoms with Crippen molar-refractivity contribution in [2.75, 3.05) is 6.61 Å². The first-order chi connectivity index (χ1) is 9.51. The average molecular weight is 624 g/mol. The van der Waals surface area contributed by atoms with E-state index in [1.807, 2.05) is 24.3 Å². The number of carbonyl (C=O) groups is 1. The summed E-state index contributed by atoms with van der Waals surface area (Å²) < 4.78 is 8.96. The van der Waals surface area contributed by atoms with Crippen LogP contribution in [0.15, 0.2) is 24.3 Å². The van der Waals surface area contributed by atoms with Gasteiger partial charge < -0.3 is 4.74 Å². The Hall–Kier alpha value is 0.580. The Morgan fingerprint density at radius 2 is 1.85 bits per heavy atom. The van der Waals surface area contributed by atoms with Crippen molar-refractivity contribution in [3.05, 3.63) is 44.7 Å². The quantitative estimate of drug-likeness (QED) is 0.330. The van der Waals surface area contributed by atoms with E-state index in [0.717, 1.165) is 24.2 Å². The normalized spacial score (nSPS) is 10.6. The van der Waals surface area contributed by atoms with Crippen molar-refractivity contribution in [1.82, 2.24) is 0 Å². The Bertz CT molecular complexity index is 614. The van der Waals surface area contributed by atoms with Crippen LogP contribution in [0.3, 0.4) is 0 Å². The fraction of sp³-hybridized carbons (Fsp3) is 0.214. The summed E-state index contributed by atoms with van der Waals surface area (Å²) in [4.78, 5) is 14.1. The van der Waals surface area contributed by atoms with Crippen LogP contribution in [-0.2, 0) is 6.42 Å². The van der Waals surface area contributed by atoms with Crippen molar-refractivity contribution in [2.45, 2.75) is 13.3 Å². The summed E-state index contributed by atoms with van der Waals surface area (Å²) >= 11 is 8.31. The van der Waals surface area contributed by atoms with E-state index in [1.54, 1.807) is 11.3 Å². The van der Waals surface area contributed by atoms with Gasteiger partial charge in [-0.1, -0.05) is 6.92 Å². The van der Waals surface area contributed by atoms with Gasteiger partial charge in [-0.25, -0.2) is 0 Å².